The summed E-state index contributed by atoms with van der Waals surface area (Å²) in [6.07, 6.45) is 2.43. The normalized spacial score (nSPS) is 41.5. The first-order chi connectivity index (χ1) is 8.83. The Morgan fingerprint density at radius 3 is 2.40 bits per heavy atom. The molecule has 4 heteroatoms. The molecule has 4 atom stereocenters. The second kappa shape index (κ2) is 4.34. The van der Waals surface area contributed by atoms with E-state index in [4.69, 9.17) is 9.16 Å². The monoisotopic (exact) mass is 298 g/mol. The Morgan fingerprint density at radius 2 is 1.90 bits per heavy atom. The van der Waals surface area contributed by atoms with Gasteiger partial charge >= 0.3 is 0 Å². The van der Waals surface area contributed by atoms with Crippen molar-refractivity contribution < 1.29 is 14.3 Å². The summed E-state index contributed by atoms with van der Waals surface area (Å²) >= 11 is 0. The van der Waals surface area contributed by atoms with Gasteiger partial charge in [0.2, 0.25) is 8.32 Å². The lowest BCUT2D eigenvalue weighted by Gasteiger charge is -2.44. The molecule has 0 aromatic rings. The van der Waals surface area contributed by atoms with E-state index in [2.05, 4.69) is 53.8 Å². The summed E-state index contributed by atoms with van der Waals surface area (Å²) in [5, 5.41) is 10.6. The van der Waals surface area contributed by atoms with Crippen molar-refractivity contribution >= 4 is 8.32 Å². The third-order valence-corrected chi connectivity index (χ3v) is 10.1. The predicted molar refractivity (Wildman–Crippen MR) is 84.0 cm³/mol. The molecule has 0 spiro atoms. The van der Waals surface area contributed by atoms with Gasteiger partial charge in [-0.05, 0) is 38.1 Å². The average Bonchev–Trinajstić information content (AvgIpc) is 2.42. The second-order valence-corrected chi connectivity index (χ2v) is 13.1. The van der Waals surface area contributed by atoms with Crippen LogP contribution < -0.4 is 0 Å². The molecule has 0 aromatic heterocycles. The van der Waals surface area contributed by atoms with Crippen molar-refractivity contribution in [2.24, 2.45) is 5.92 Å². The van der Waals surface area contributed by atoms with Crippen molar-refractivity contribution in [1.82, 2.24) is 0 Å². The lowest BCUT2D eigenvalue weighted by molar-refractivity contribution is -0.114. The van der Waals surface area contributed by atoms with E-state index in [9.17, 15) is 5.11 Å². The van der Waals surface area contributed by atoms with Gasteiger partial charge in [-0.3, -0.25) is 0 Å². The number of aliphatic hydroxyl groups is 1. The van der Waals surface area contributed by atoms with Crippen LogP contribution in [0.1, 0.15) is 48.0 Å². The Labute approximate surface area is 124 Å². The summed E-state index contributed by atoms with van der Waals surface area (Å²) in [5.74, 6) is 0.983. The molecule has 1 saturated heterocycles. The van der Waals surface area contributed by atoms with Crippen LogP contribution in [0.25, 0.3) is 0 Å². The van der Waals surface area contributed by atoms with Gasteiger partial charge in [0.1, 0.15) is 11.4 Å². The Balaban J connectivity index is 2.32. The smallest absolute Gasteiger partial charge is 0.250 e. The first-order valence-electron chi connectivity index (χ1n) is 7.61. The molecule has 0 unspecified atom stereocenters. The van der Waals surface area contributed by atoms with Crippen molar-refractivity contribution in [1.29, 1.82) is 0 Å². The van der Waals surface area contributed by atoms with Gasteiger partial charge in [-0.25, -0.2) is 0 Å². The topological polar surface area (TPSA) is 38.7 Å². The molecule has 0 amide bonds. The maximum absolute atomic E-state index is 10.5. The Morgan fingerprint density at radius 1 is 1.35 bits per heavy atom. The third-order valence-electron chi connectivity index (χ3n) is 5.77. The number of fused-ring (bicyclic) bond motifs is 2. The van der Waals surface area contributed by atoms with Crippen LogP contribution in [0, 0.1) is 5.92 Å². The molecule has 2 bridgehead atoms. The summed E-state index contributed by atoms with van der Waals surface area (Å²) in [5.41, 5.74) is -0.962. The largest absolute Gasteiger partial charge is 0.545 e. The number of rotatable bonds is 2. The molecule has 1 N–H and O–H groups in total. The van der Waals surface area contributed by atoms with E-state index in [1.54, 1.807) is 0 Å². The van der Waals surface area contributed by atoms with E-state index < -0.39 is 25.6 Å². The summed E-state index contributed by atoms with van der Waals surface area (Å²) in [4.78, 5) is 0. The van der Waals surface area contributed by atoms with Crippen molar-refractivity contribution in [3.63, 3.8) is 0 Å². The van der Waals surface area contributed by atoms with E-state index >= 15 is 0 Å². The first kappa shape index (κ1) is 16.1. The van der Waals surface area contributed by atoms with E-state index in [0.29, 0.717) is 0 Å². The lowest BCUT2D eigenvalue weighted by Crippen LogP contribution is -2.47. The summed E-state index contributed by atoms with van der Waals surface area (Å²) in [6, 6.07) is 0. The molecule has 116 valence electrons. The van der Waals surface area contributed by atoms with Crippen LogP contribution in [-0.4, -0.2) is 30.7 Å². The molecule has 0 radical (unpaired) electrons. The van der Waals surface area contributed by atoms with Crippen LogP contribution in [0.15, 0.2) is 11.8 Å². The highest BCUT2D eigenvalue weighted by Crippen LogP contribution is 2.53. The molecule has 2 aliphatic heterocycles. The zero-order chi connectivity index (χ0) is 15.6. The van der Waals surface area contributed by atoms with Crippen LogP contribution in [0.5, 0.6) is 0 Å². The van der Waals surface area contributed by atoms with E-state index in [1.165, 1.54) is 0 Å². The van der Waals surface area contributed by atoms with Gasteiger partial charge < -0.3 is 14.3 Å². The zero-order valence-electron chi connectivity index (χ0n) is 14.2. The molecule has 0 aromatic carbocycles. The van der Waals surface area contributed by atoms with Crippen LogP contribution in [0.4, 0.5) is 0 Å². The molecule has 20 heavy (non-hydrogen) atoms. The van der Waals surface area contributed by atoms with Gasteiger partial charge in [0.05, 0.1) is 11.7 Å². The average molecular weight is 298 g/mol. The summed E-state index contributed by atoms with van der Waals surface area (Å²) in [6.45, 7) is 17.3. The van der Waals surface area contributed by atoms with Gasteiger partial charge in [0, 0.05) is 12.3 Å². The highest BCUT2D eigenvalue weighted by atomic mass is 28.4. The van der Waals surface area contributed by atoms with E-state index in [1.807, 2.05) is 6.92 Å². The van der Waals surface area contributed by atoms with Crippen LogP contribution in [0.2, 0.25) is 18.1 Å². The lowest BCUT2D eigenvalue weighted by atomic mass is 9.86. The Hall–Kier alpha value is -0.323. The molecule has 3 nitrogen and oxygen atoms in total. The number of ether oxygens (including phenoxy) is 1. The molecule has 2 heterocycles. The third kappa shape index (κ3) is 2.16. The second-order valence-electron chi connectivity index (χ2n) is 8.39. The molecule has 2 rings (SSSR count). The minimum atomic E-state index is -1.88. The highest BCUT2D eigenvalue weighted by molar-refractivity contribution is 6.74. The molecule has 0 saturated carbocycles. The fourth-order valence-corrected chi connectivity index (χ4v) is 4.12. The predicted octanol–water partition coefficient (Wildman–Crippen LogP) is 3.84. The van der Waals surface area contributed by atoms with Gasteiger partial charge in [0.15, 0.2) is 0 Å². The first-order valence-corrected chi connectivity index (χ1v) is 10.5. The van der Waals surface area contributed by atoms with Crippen molar-refractivity contribution in [3.8, 4) is 0 Å². The Kier molecular flexibility index (Phi) is 3.48. The molecular weight excluding hydrogens is 268 g/mol. The summed E-state index contributed by atoms with van der Waals surface area (Å²) < 4.78 is 12.8. The highest BCUT2D eigenvalue weighted by Gasteiger charge is 2.61. The van der Waals surface area contributed by atoms with Gasteiger partial charge in [-0.2, -0.15) is 0 Å². The quantitative estimate of drug-likeness (QED) is 0.787. The maximum Gasteiger partial charge on any atom is 0.250 e. The van der Waals surface area contributed by atoms with E-state index in [-0.39, 0.29) is 11.0 Å². The maximum atomic E-state index is 10.5. The standard InChI is InChI=1S/C16H30O3Si/c1-11-13(17)15(5)10-9-12(16(11,6)19-15)18-20(7,8)14(2,3)4/h9,11,13,17H,10H2,1-8H3/t11-,13-,15+,16+/m1/s1. The Bertz CT molecular complexity index is 437. The fraction of sp³-hybridized carbons (Fsp3) is 0.875. The molecule has 1 fully saturated rings. The minimum absolute atomic E-state index is 0.0472. The van der Waals surface area contributed by atoms with Crippen LogP contribution >= 0.6 is 0 Å². The SMILES string of the molecule is C[C@@H]1[C@@H](O)[C@]2(C)CC=C(O[Si](C)(C)C(C)(C)C)[C@@]1(C)O2. The summed E-state index contributed by atoms with van der Waals surface area (Å²) in [7, 11) is -1.88. The fourth-order valence-electron chi connectivity index (χ4n) is 2.97. The zero-order valence-corrected chi connectivity index (χ0v) is 15.2. The number of hydrogen-bond acceptors (Lipinski definition) is 3. The van der Waals surface area contributed by atoms with Crippen molar-refractivity contribution in [2.75, 3.05) is 0 Å². The molecule has 0 aliphatic carbocycles. The van der Waals surface area contributed by atoms with Crippen molar-refractivity contribution in [2.45, 2.75) is 83.4 Å². The van der Waals surface area contributed by atoms with Gasteiger partial charge in [-0.1, -0.05) is 27.7 Å². The van der Waals surface area contributed by atoms with Gasteiger partial charge in [0.25, 0.3) is 0 Å². The van der Waals surface area contributed by atoms with Gasteiger partial charge in [-0.15, -0.1) is 0 Å². The van der Waals surface area contributed by atoms with E-state index in [0.717, 1.165) is 12.2 Å². The van der Waals surface area contributed by atoms with Crippen molar-refractivity contribution in [3.05, 3.63) is 11.8 Å². The molecular formula is C16H30O3Si. The molecule has 2 aliphatic rings. The minimum Gasteiger partial charge on any atom is -0.545 e. The number of aliphatic hydroxyl groups excluding tert-OH is 1. The van der Waals surface area contributed by atoms with Crippen LogP contribution in [0.3, 0.4) is 0 Å². The van der Waals surface area contributed by atoms with Crippen LogP contribution in [-0.2, 0) is 9.16 Å². The number of hydrogen-bond donors (Lipinski definition) is 1.